The predicted octanol–water partition coefficient (Wildman–Crippen LogP) is 2.62. The summed E-state index contributed by atoms with van der Waals surface area (Å²) in [7, 11) is 0. The van der Waals surface area contributed by atoms with E-state index in [4.69, 9.17) is 0 Å². The van der Waals surface area contributed by atoms with Gasteiger partial charge in [0.2, 0.25) is 0 Å². The van der Waals surface area contributed by atoms with Gasteiger partial charge < -0.3 is 10.4 Å². The van der Waals surface area contributed by atoms with Gasteiger partial charge in [0, 0.05) is 5.54 Å². The van der Waals surface area contributed by atoms with Crippen LogP contribution in [0.2, 0.25) is 0 Å². The molecule has 1 heterocycles. The molecule has 0 spiro atoms. The number of aliphatic hydroxyl groups is 1. The highest BCUT2D eigenvalue weighted by Crippen LogP contribution is 2.36. The van der Waals surface area contributed by atoms with Gasteiger partial charge in [-0.05, 0) is 36.2 Å². The van der Waals surface area contributed by atoms with Gasteiger partial charge in [0.1, 0.15) is 0 Å². The minimum absolute atomic E-state index is 0.0606. The van der Waals surface area contributed by atoms with Gasteiger partial charge in [-0.1, -0.05) is 36.4 Å². The minimum atomic E-state index is -0.422. The van der Waals surface area contributed by atoms with E-state index in [9.17, 15) is 5.11 Å². The molecule has 1 aliphatic rings. The lowest BCUT2D eigenvalue weighted by atomic mass is 9.97. The van der Waals surface area contributed by atoms with Gasteiger partial charge in [0.15, 0.2) is 0 Å². The smallest absolute Gasteiger partial charge is 0.0961 e. The summed E-state index contributed by atoms with van der Waals surface area (Å²) in [4.78, 5) is 0. The summed E-state index contributed by atoms with van der Waals surface area (Å²) in [5.74, 6) is 0. The molecular weight excluding hydrogens is 210 g/mol. The first-order valence-corrected chi connectivity index (χ1v) is 6.02. The Labute approximate surface area is 101 Å². The highest BCUT2D eigenvalue weighted by atomic mass is 16.3. The minimum Gasteiger partial charge on any atom is -0.387 e. The van der Waals surface area contributed by atoms with Crippen molar-refractivity contribution in [3.8, 4) is 0 Å². The normalized spacial score (nSPS) is 23.6. The predicted molar refractivity (Wildman–Crippen MR) is 69.9 cm³/mol. The average Bonchev–Trinajstić information content (AvgIpc) is 2.97. The van der Waals surface area contributed by atoms with E-state index in [1.807, 2.05) is 18.2 Å². The zero-order chi connectivity index (χ0) is 12.0. The topological polar surface area (TPSA) is 42.2 Å². The SMILES string of the molecule is CC1(C)N[C@H]1[C@H](O)c1ccc2ccccc2c1. The number of nitrogens with one attached hydrogen (secondary N) is 1. The first-order valence-electron chi connectivity index (χ1n) is 6.02. The molecule has 2 atom stereocenters. The molecule has 2 N–H and O–H groups in total. The zero-order valence-electron chi connectivity index (χ0n) is 10.1. The largest absolute Gasteiger partial charge is 0.387 e. The van der Waals surface area contributed by atoms with Crippen molar-refractivity contribution in [2.24, 2.45) is 0 Å². The standard InChI is InChI=1S/C15H17NO/c1-15(2)14(16-15)13(17)12-8-7-10-5-3-4-6-11(10)9-12/h3-9,13-14,16-17H,1-2H3/t13-,14+/m1/s1. The summed E-state index contributed by atoms with van der Waals surface area (Å²) in [5, 5.41) is 16.0. The molecule has 0 radical (unpaired) electrons. The second-order valence-electron chi connectivity index (χ2n) is 5.40. The number of benzene rings is 2. The third kappa shape index (κ3) is 1.84. The summed E-state index contributed by atoms with van der Waals surface area (Å²) < 4.78 is 0. The van der Waals surface area contributed by atoms with Gasteiger partial charge >= 0.3 is 0 Å². The van der Waals surface area contributed by atoms with Crippen molar-refractivity contribution in [3.05, 3.63) is 48.0 Å². The third-order valence-corrected chi connectivity index (χ3v) is 3.65. The first kappa shape index (κ1) is 10.8. The molecule has 0 aliphatic carbocycles. The van der Waals surface area contributed by atoms with E-state index >= 15 is 0 Å². The Balaban J connectivity index is 1.96. The molecule has 2 nitrogen and oxygen atoms in total. The lowest BCUT2D eigenvalue weighted by Gasteiger charge is -2.11. The quantitative estimate of drug-likeness (QED) is 0.774. The second kappa shape index (κ2) is 3.56. The van der Waals surface area contributed by atoms with E-state index in [0.717, 1.165) is 5.56 Å². The van der Waals surface area contributed by atoms with Crippen LogP contribution in [-0.2, 0) is 0 Å². The van der Waals surface area contributed by atoms with Gasteiger partial charge in [-0.2, -0.15) is 0 Å². The number of fused-ring (bicyclic) bond motifs is 1. The monoisotopic (exact) mass is 227 g/mol. The maximum atomic E-state index is 10.3. The molecule has 2 aromatic rings. The van der Waals surface area contributed by atoms with Crippen molar-refractivity contribution in [3.63, 3.8) is 0 Å². The molecular formula is C15H17NO. The van der Waals surface area contributed by atoms with Crippen LogP contribution in [0.3, 0.4) is 0 Å². The van der Waals surface area contributed by atoms with E-state index in [1.165, 1.54) is 10.8 Å². The fourth-order valence-corrected chi connectivity index (χ4v) is 2.42. The van der Waals surface area contributed by atoms with Crippen LogP contribution in [0, 0.1) is 0 Å². The molecule has 3 rings (SSSR count). The molecule has 0 bridgehead atoms. The average molecular weight is 227 g/mol. The Kier molecular flexibility index (Phi) is 2.25. The fourth-order valence-electron chi connectivity index (χ4n) is 2.42. The van der Waals surface area contributed by atoms with E-state index in [0.29, 0.717) is 0 Å². The summed E-state index contributed by atoms with van der Waals surface area (Å²) in [5.41, 5.74) is 1.05. The van der Waals surface area contributed by atoms with Crippen molar-refractivity contribution in [2.45, 2.75) is 31.5 Å². The molecule has 2 aromatic carbocycles. The van der Waals surface area contributed by atoms with Crippen LogP contribution in [0.5, 0.6) is 0 Å². The molecule has 88 valence electrons. The number of aliphatic hydroxyl groups excluding tert-OH is 1. The fraction of sp³-hybridized carbons (Fsp3) is 0.333. The Morgan fingerprint density at radius 2 is 1.76 bits per heavy atom. The van der Waals surface area contributed by atoms with E-state index in [-0.39, 0.29) is 11.6 Å². The van der Waals surface area contributed by atoms with Crippen LogP contribution in [0.4, 0.5) is 0 Å². The summed E-state index contributed by atoms with van der Waals surface area (Å²) >= 11 is 0. The Morgan fingerprint density at radius 1 is 1.12 bits per heavy atom. The maximum absolute atomic E-state index is 10.3. The van der Waals surface area contributed by atoms with Crippen LogP contribution in [0.15, 0.2) is 42.5 Å². The van der Waals surface area contributed by atoms with Crippen molar-refractivity contribution in [1.82, 2.24) is 5.32 Å². The van der Waals surface area contributed by atoms with Crippen molar-refractivity contribution in [2.75, 3.05) is 0 Å². The van der Waals surface area contributed by atoms with E-state index < -0.39 is 6.10 Å². The third-order valence-electron chi connectivity index (χ3n) is 3.65. The van der Waals surface area contributed by atoms with Crippen LogP contribution in [0.1, 0.15) is 25.5 Å². The maximum Gasteiger partial charge on any atom is 0.0961 e. The molecule has 0 amide bonds. The van der Waals surface area contributed by atoms with Gasteiger partial charge in [0.05, 0.1) is 12.1 Å². The summed E-state index contributed by atoms with van der Waals surface area (Å²) in [6.45, 7) is 4.23. The molecule has 0 aromatic heterocycles. The van der Waals surface area contributed by atoms with Crippen molar-refractivity contribution >= 4 is 10.8 Å². The lowest BCUT2D eigenvalue weighted by Crippen LogP contribution is -2.12. The van der Waals surface area contributed by atoms with E-state index in [1.54, 1.807) is 0 Å². The van der Waals surface area contributed by atoms with Gasteiger partial charge in [0.25, 0.3) is 0 Å². The van der Waals surface area contributed by atoms with Crippen LogP contribution in [0.25, 0.3) is 10.8 Å². The lowest BCUT2D eigenvalue weighted by molar-refractivity contribution is 0.170. The number of rotatable bonds is 2. The molecule has 1 saturated heterocycles. The van der Waals surface area contributed by atoms with Crippen LogP contribution < -0.4 is 5.32 Å². The summed E-state index contributed by atoms with van der Waals surface area (Å²) in [6.07, 6.45) is -0.422. The van der Waals surface area contributed by atoms with Gasteiger partial charge in [-0.3, -0.25) is 0 Å². The second-order valence-corrected chi connectivity index (χ2v) is 5.40. The first-order chi connectivity index (χ1) is 8.08. The van der Waals surface area contributed by atoms with Crippen molar-refractivity contribution in [1.29, 1.82) is 0 Å². The number of hydrogen-bond donors (Lipinski definition) is 2. The van der Waals surface area contributed by atoms with Crippen LogP contribution in [-0.4, -0.2) is 16.7 Å². The molecule has 0 saturated carbocycles. The number of hydrogen-bond acceptors (Lipinski definition) is 2. The molecule has 1 aliphatic heterocycles. The van der Waals surface area contributed by atoms with E-state index in [2.05, 4.69) is 43.4 Å². The molecule has 17 heavy (non-hydrogen) atoms. The Hall–Kier alpha value is -1.38. The van der Waals surface area contributed by atoms with Crippen LogP contribution >= 0.6 is 0 Å². The van der Waals surface area contributed by atoms with Crippen molar-refractivity contribution < 1.29 is 5.11 Å². The highest BCUT2D eigenvalue weighted by Gasteiger charge is 2.49. The van der Waals surface area contributed by atoms with Gasteiger partial charge in [-0.15, -0.1) is 0 Å². The van der Waals surface area contributed by atoms with Gasteiger partial charge in [-0.25, -0.2) is 0 Å². The molecule has 1 fully saturated rings. The zero-order valence-corrected chi connectivity index (χ0v) is 10.1. The molecule has 2 heteroatoms. The highest BCUT2D eigenvalue weighted by molar-refractivity contribution is 5.83. The Bertz CT molecular complexity index is 562. The Morgan fingerprint density at radius 3 is 2.41 bits per heavy atom. The summed E-state index contributed by atoms with van der Waals surface area (Å²) in [6, 6.07) is 14.6. The molecule has 0 unspecified atom stereocenters.